The van der Waals surface area contributed by atoms with Crippen LogP contribution in [0.5, 0.6) is 0 Å². The Balaban J connectivity index is 2.41. The molecule has 0 aliphatic rings. The summed E-state index contributed by atoms with van der Waals surface area (Å²) in [5, 5.41) is 24.0. The molecule has 0 saturated carbocycles. The van der Waals surface area contributed by atoms with Gasteiger partial charge in [-0.05, 0) is 0 Å². The maximum absolute atomic E-state index is 11.3. The van der Waals surface area contributed by atoms with Crippen LogP contribution in [-0.4, -0.2) is 39.2 Å². The zero-order valence-electron chi connectivity index (χ0n) is 9.12. The van der Waals surface area contributed by atoms with Crippen molar-refractivity contribution >= 4 is 29.3 Å². The first kappa shape index (κ1) is 13.9. The van der Waals surface area contributed by atoms with E-state index in [1.54, 1.807) is 11.6 Å². The van der Waals surface area contributed by atoms with Gasteiger partial charge in [-0.2, -0.15) is 0 Å². The molecule has 0 aliphatic heterocycles. The Hall–Kier alpha value is -2.16. The lowest BCUT2D eigenvalue weighted by molar-refractivity contribution is -0.145. The van der Waals surface area contributed by atoms with Crippen molar-refractivity contribution < 1.29 is 24.6 Å². The lowest BCUT2D eigenvalue weighted by Gasteiger charge is -2.12. The predicted octanol–water partition coefficient (Wildman–Crippen LogP) is -0.130. The molecule has 18 heavy (non-hydrogen) atoms. The largest absolute Gasteiger partial charge is 0.481 e. The Morgan fingerprint density at radius 2 is 2.11 bits per heavy atom. The van der Waals surface area contributed by atoms with Crippen molar-refractivity contribution in [1.82, 2.24) is 15.6 Å². The van der Waals surface area contributed by atoms with E-state index in [1.165, 1.54) is 11.3 Å². The van der Waals surface area contributed by atoms with Crippen LogP contribution in [-0.2, 0) is 16.1 Å². The monoisotopic (exact) mass is 273 g/mol. The summed E-state index contributed by atoms with van der Waals surface area (Å²) in [5.74, 6) is -2.70. The van der Waals surface area contributed by atoms with Crippen molar-refractivity contribution in [3.63, 3.8) is 0 Å². The number of aromatic nitrogens is 1. The summed E-state index contributed by atoms with van der Waals surface area (Å²) in [5.41, 5.74) is 0. The number of hydrogen-bond acceptors (Lipinski definition) is 5. The van der Waals surface area contributed by atoms with E-state index in [1.807, 2.05) is 0 Å². The van der Waals surface area contributed by atoms with E-state index in [9.17, 15) is 14.4 Å². The molecule has 1 atom stereocenters. The summed E-state index contributed by atoms with van der Waals surface area (Å²) in [6.07, 6.45) is 0.893. The number of carbonyl (C=O) groups excluding carboxylic acids is 1. The fourth-order valence-electron chi connectivity index (χ4n) is 1.08. The van der Waals surface area contributed by atoms with Gasteiger partial charge in [-0.3, -0.25) is 4.79 Å². The molecular formula is C9H11N3O5S. The Bertz CT molecular complexity index is 433. The second kappa shape index (κ2) is 6.55. The van der Waals surface area contributed by atoms with Crippen LogP contribution in [0.1, 0.15) is 11.4 Å². The Labute approximate surface area is 106 Å². The molecule has 0 aliphatic carbocycles. The molecule has 1 rings (SSSR count). The first-order chi connectivity index (χ1) is 8.49. The van der Waals surface area contributed by atoms with Gasteiger partial charge in [-0.25, -0.2) is 14.6 Å². The normalized spacial score (nSPS) is 11.6. The van der Waals surface area contributed by atoms with Crippen LogP contribution < -0.4 is 10.6 Å². The molecule has 0 aromatic carbocycles. The summed E-state index contributed by atoms with van der Waals surface area (Å²) >= 11 is 1.34. The first-order valence-electron chi connectivity index (χ1n) is 4.86. The third kappa shape index (κ3) is 4.78. The molecule has 9 heteroatoms. The number of nitrogens with zero attached hydrogens (tertiary/aromatic N) is 1. The highest BCUT2D eigenvalue weighted by atomic mass is 32.1. The van der Waals surface area contributed by atoms with Gasteiger partial charge in [0.25, 0.3) is 0 Å². The second-order valence-electron chi connectivity index (χ2n) is 3.24. The van der Waals surface area contributed by atoms with Crippen molar-refractivity contribution in [2.45, 2.75) is 19.0 Å². The zero-order chi connectivity index (χ0) is 13.5. The van der Waals surface area contributed by atoms with E-state index in [0.29, 0.717) is 5.01 Å². The van der Waals surface area contributed by atoms with Crippen LogP contribution in [0, 0.1) is 0 Å². The molecule has 98 valence electrons. The average Bonchev–Trinajstić information content (AvgIpc) is 2.77. The highest BCUT2D eigenvalue weighted by molar-refractivity contribution is 7.09. The van der Waals surface area contributed by atoms with E-state index in [-0.39, 0.29) is 6.54 Å². The molecule has 0 bridgehead atoms. The molecule has 1 heterocycles. The summed E-state index contributed by atoms with van der Waals surface area (Å²) in [6.45, 7) is 0.156. The summed E-state index contributed by atoms with van der Waals surface area (Å²) < 4.78 is 0. The number of carboxylic acid groups (broad SMARTS) is 2. The van der Waals surface area contributed by atoms with E-state index >= 15 is 0 Å². The Morgan fingerprint density at radius 1 is 1.39 bits per heavy atom. The van der Waals surface area contributed by atoms with E-state index in [4.69, 9.17) is 10.2 Å². The van der Waals surface area contributed by atoms with Crippen LogP contribution in [0.15, 0.2) is 11.6 Å². The summed E-state index contributed by atoms with van der Waals surface area (Å²) in [6, 6.07) is -2.21. The lowest BCUT2D eigenvalue weighted by Crippen LogP contribution is -2.46. The van der Waals surface area contributed by atoms with Gasteiger partial charge in [-0.1, -0.05) is 0 Å². The van der Waals surface area contributed by atoms with Gasteiger partial charge < -0.3 is 20.8 Å². The number of rotatable bonds is 6. The third-order valence-corrected chi connectivity index (χ3v) is 2.65. The predicted molar refractivity (Wildman–Crippen MR) is 61.2 cm³/mol. The van der Waals surface area contributed by atoms with Crippen LogP contribution >= 0.6 is 11.3 Å². The van der Waals surface area contributed by atoms with Crippen LogP contribution in [0.25, 0.3) is 0 Å². The Kier molecular flexibility index (Phi) is 5.06. The number of amides is 2. The molecule has 0 unspecified atom stereocenters. The van der Waals surface area contributed by atoms with Crippen molar-refractivity contribution in [1.29, 1.82) is 0 Å². The highest BCUT2D eigenvalue weighted by Gasteiger charge is 2.22. The minimum Gasteiger partial charge on any atom is -0.481 e. The van der Waals surface area contributed by atoms with Gasteiger partial charge in [0.05, 0.1) is 13.0 Å². The Morgan fingerprint density at radius 3 is 2.61 bits per heavy atom. The van der Waals surface area contributed by atoms with Gasteiger partial charge in [0.15, 0.2) is 0 Å². The molecule has 4 N–H and O–H groups in total. The van der Waals surface area contributed by atoms with Crippen molar-refractivity contribution in [3.05, 3.63) is 16.6 Å². The van der Waals surface area contributed by atoms with Gasteiger partial charge in [-0.15, -0.1) is 11.3 Å². The van der Waals surface area contributed by atoms with E-state index in [2.05, 4.69) is 15.6 Å². The zero-order valence-corrected chi connectivity index (χ0v) is 9.94. The number of hydrogen-bond donors (Lipinski definition) is 4. The van der Waals surface area contributed by atoms with E-state index in [0.717, 1.165) is 0 Å². The minimum atomic E-state index is -1.46. The number of carbonyl (C=O) groups is 3. The van der Waals surface area contributed by atoms with Gasteiger partial charge >= 0.3 is 18.0 Å². The standard InChI is InChI=1S/C9H11N3O5S/c13-7(14)3-5(8(15)16)12-9(17)11-4-6-10-1-2-18-6/h1-2,5H,3-4H2,(H,13,14)(H,15,16)(H2,11,12,17)/t5-/m0/s1. The molecule has 2 amide bonds. The smallest absolute Gasteiger partial charge is 0.326 e. The molecule has 0 radical (unpaired) electrons. The molecular weight excluding hydrogens is 262 g/mol. The first-order valence-corrected chi connectivity index (χ1v) is 5.74. The molecule has 0 spiro atoms. The second-order valence-corrected chi connectivity index (χ2v) is 4.22. The number of thiazole rings is 1. The van der Waals surface area contributed by atoms with Crippen LogP contribution in [0.4, 0.5) is 4.79 Å². The molecule has 1 aromatic heterocycles. The molecule has 8 nitrogen and oxygen atoms in total. The van der Waals surface area contributed by atoms with Crippen LogP contribution in [0.3, 0.4) is 0 Å². The quantitative estimate of drug-likeness (QED) is 0.571. The number of aliphatic carboxylic acids is 2. The maximum Gasteiger partial charge on any atom is 0.326 e. The van der Waals surface area contributed by atoms with Crippen molar-refractivity contribution in [3.8, 4) is 0 Å². The van der Waals surface area contributed by atoms with Gasteiger partial charge in [0.1, 0.15) is 11.0 Å². The van der Waals surface area contributed by atoms with Gasteiger partial charge in [0.2, 0.25) is 0 Å². The van der Waals surface area contributed by atoms with Gasteiger partial charge in [0, 0.05) is 11.6 Å². The minimum absolute atomic E-state index is 0.156. The topological polar surface area (TPSA) is 129 Å². The maximum atomic E-state index is 11.3. The number of urea groups is 1. The highest BCUT2D eigenvalue weighted by Crippen LogP contribution is 2.02. The van der Waals surface area contributed by atoms with E-state index < -0.39 is 30.4 Å². The summed E-state index contributed by atoms with van der Waals surface area (Å²) in [7, 11) is 0. The fraction of sp³-hybridized carbons (Fsp3) is 0.333. The fourth-order valence-corrected chi connectivity index (χ4v) is 1.64. The van der Waals surface area contributed by atoms with Crippen LogP contribution in [0.2, 0.25) is 0 Å². The third-order valence-electron chi connectivity index (χ3n) is 1.87. The number of nitrogens with one attached hydrogen (secondary N) is 2. The SMILES string of the molecule is O=C(O)C[C@H](NC(=O)NCc1nccs1)C(=O)O. The van der Waals surface area contributed by atoms with Crippen molar-refractivity contribution in [2.24, 2.45) is 0 Å². The van der Waals surface area contributed by atoms with Crippen molar-refractivity contribution in [2.75, 3.05) is 0 Å². The molecule has 0 fully saturated rings. The number of carboxylic acids is 2. The average molecular weight is 273 g/mol. The lowest BCUT2D eigenvalue weighted by atomic mass is 10.2. The molecule has 0 saturated heterocycles. The summed E-state index contributed by atoms with van der Waals surface area (Å²) in [4.78, 5) is 36.3. The molecule has 1 aromatic rings.